The van der Waals surface area contributed by atoms with Gasteiger partial charge in [0.2, 0.25) is 5.91 Å². The van der Waals surface area contributed by atoms with Gasteiger partial charge in [-0.2, -0.15) is 0 Å². The number of rotatable bonds is 5. The summed E-state index contributed by atoms with van der Waals surface area (Å²) in [6.45, 7) is 1.96. The maximum Gasteiger partial charge on any atom is 0.271 e. The molecule has 0 fully saturated rings. The van der Waals surface area contributed by atoms with Gasteiger partial charge in [0.1, 0.15) is 10.5 Å². The van der Waals surface area contributed by atoms with E-state index >= 15 is 0 Å². The molecule has 152 valence electrons. The van der Waals surface area contributed by atoms with E-state index < -0.39 is 5.82 Å². The van der Waals surface area contributed by atoms with E-state index in [1.807, 2.05) is 31.2 Å². The summed E-state index contributed by atoms with van der Waals surface area (Å²) in [7, 11) is 0. The Hall–Kier alpha value is -2.82. The molecule has 0 atom stereocenters. The zero-order chi connectivity index (χ0) is 21.3. The molecule has 0 saturated carbocycles. The lowest BCUT2D eigenvalue weighted by Gasteiger charge is -2.08. The summed E-state index contributed by atoms with van der Waals surface area (Å²) >= 11 is 7.75. The van der Waals surface area contributed by atoms with E-state index in [0.29, 0.717) is 25.1 Å². The van der Waals surface area contributed by atoms with Gasteiger partial charge in [-0.3, -0.25) is 14.2 Å². The molecule has 0 saturated heterocycles. The summed E-state index contributed by atoms with van der Waals surface area (Å²) in [5.74, 6) is -0.774. The Kier molecular flexibility index (Phi) is 5.80. The lowest BCUT2D eigenvalue weighted by Crippen LogP contribution is -2.15. The molecule has 1 amide bonds. The van der Waals surface area contributed by atoms with Crippen molar-refractivity contribution in [2.24, 2.45) is 0 Å². The van der Waals surface area contributed by atoms with Gasteiger partial charge < -0.3 is 10.3 Å². The minimum absolute atomic E-state index is 0.000193. The van der Waals surface area contributed by atoms with Gasteiger partial charge in [0.15, 0.2) is 14.8 Å². The van der Waals surface area contributed by atoms with Crippen LogP contribution in [-0.4, -0.2) is 26.2 Å². The first-order valence-electron chi connectivity index (χ1n) is 8.82. The Morgan fingerprint density at radius 1 is 1.30 bits per heavy atom. The summed E-state index contributed by atoms with van der Waals surface area (Å²) in [5, 5.41) is 2.92. The summed E-state index contributed by atoms with van der Waals surface area (Å²) in [5.41, 5.74) is 2.36. The predicted octanol–water partition coefficient (Wildman–Crippen LogP) is 4.68. The molecular weight excluding hydrogens is 443 g/mol. The quantitative estimate of drug-likeness (QED) is 0.258. The first-order chi connectivity index (χ1) is 14.4. The van der Waals surface area contributed by atoms with E-state index in [9.17, 15) is 14.0 Å². The monoisotopic (exact) mass is 458 g/mol. The number of anilines is 1. The molecule has 4 rings (SSSR count). The van der Waals surface area contributed by atoms with E-state index in [1.165, 1.54) is 29.5 Å². The molecule has 30 heavy (non-hydrogen) atoms. The first kappa shape index (κ1) is 20.5. The molecule has 0 bridgehead atoms. The number of nitrogens with zero attached hydrogens (tertiary/aromatic N) is 2. The van der Waals surface area contributed by atoms with Crippen LogP contribution in [0.3, 0.4) is 0 Å². The first-order valence-corrected chi connectivity index (χ1v) is 11.0. The number of aromatic nitrogens is 3. The lowest BCUT2D eigenvalue weighted by molar-refractivity contribution is -0.113. The van der Waals surface area contributed by atoms with E-state index in [0.717, 1.165) is 23.0 Å². The van der Waals surface area contributed by atoms with E-state index in [2.05, 4.69) is 15.3 Å². The Bertz CT molecular complexity index is 1380. The fourth-order valence-corrected chi connectivity index (χ4v) is 4.80. The van der Waals surface area contributed by atoms with Crippen LogP contribution in [0.2, 0.25) is 0 Å². The van der Waals surface area contributed by atoms with Crippen LogP contribution in [0, 0.1) is 16.7 Å². The number of halogens is 1. The molecule has 0 aliphatic carbocycles. The molecule has 4 aromatic rings. The number of fused-ring (bicyclic) bond motifs is 1. The fraction of sp³-hybridized carbons (Fsp3) is 0.100. The molecule has 6 nitrogen and oxygen atoms in total. The minimum Gasteiger partial charge on any atom is -0.325 e. The summed E-state index contributed by atoms with van der Waals surface area (Å²) < 4.78 is 16.0. The minimum atomic E-state index is -0.435. The molecule has 2 heterocycles. The second kappa shape index (κ2) is 8.50. The zero-order valence-electron chi connectivity index (χ0n) is 15.6. The number of aryl methyl sites for hydroxylation is 1. The SMILES string of the molecule is Cc1ccccc1-n1c(=S)sc2c(=O)[nH]c(SCC(=O)Nc3cccc(F)c3)nc21. The number of thioether (sulfide) groups is 1. The Balaban J connectivity index is 1.62. The highest BCUT2D eigenvalue weighted by molar-refractivity contribution is 7.99. The van der Waals surface area contributed by atoms with Crippen molar-refractivity contribution in [3.05, 3.63) is 74.2 Å². The van der Waals surface area contributed by atoms with Gasteiger partial charge in [0, 0.05) is 5.69 Å². The van der Waals surface area contributed by atoms with Gasteiger partial charge in [0.25, 0.3) is 5.56 Å². The second-order valence-electron chi connectivity index (χ2n) is 6.36. The summed E-state index contributed by atoms with van der Waals surface area (Å²) in [4.78, 5) is 32.0. The smallest absolute Gasteiger partial charge is 0.271 e. The third kappa shape index (κ3) is 4.20. The van der Waals surface area contributed by atoms with Crippen molar-refractivity contribution < 1.29 is 9.18 Å². The number of carbonyl (C=O) groups is 1. The second-order valence-corrected chi connectivity index (χ2v) is 8.97. The maximum atomic E-state index is 13.3. The number of para-hydroxylation sites is 1. The molecular formula is C20H15FN4O2S3. The summed E-state index contributed by atoms with van der Waals surface area (Å²) in [6.07, 6.45) is 0. The average molecular weight is 459 g/mol. The van der Waals surface area contributed by atoms with Crippen LogP contribution in [0.25, 0.3) is 16.0 Å². The van der Waals surface area contributed by atoms with Crippen molar-refractivity contribution in [1.82, 2.24) is 14.5 Å². The predicted molar refractivity (Wildman–Crippen MR) is 121 cm³/mol. The van der Waals surface area contributed by atoms with Crippen LogP contribution >= 0.6 is 35.3 Å². The van der Waals surface area contributed by atoms with Crippen LogP contribution in [0.4, 0.5) is 10.1 Å². The van der Waals surface area contributed by atoms with Crippen molar-refractivity contribution in [2.75, 3.05) is 11.1 Å². The maximum absolute atomic E-state index is 13.3. The molecule has 0 unspecified atom stereocenters. The number of H-pyrrole nitrogens is 1. The highest BCUT2D eigenvalue weighted by Gasteiger charge is 2.15. The topological polar surface area (TPSA) is 79.8 Å². The van der Waals surface area contributed by atoms with Crippen LogP contribution < -0.4 is 10.9 Å². The average Bonchev–Trinajstić information content (AvgIpc) is 3.03. The molecule has 10 heteroatoms. The van der Waals surface area contributed by atoms with Crippen LogP contribution in [0.1, 0.15) is 5.56 Å². The van der Waals surface area contributed by atoms with Crippen molar-refractivity contribution in [1.29, 1.82) is 0 Å². The Morgan fingerprint density at radius 2 is 2.10 bits per heavy atom. The van der Waals surface area contributed by atoms with Gasteiger partial charge in [-0.15, -0.1) is 0 Å². The molecule has 2 aromatic heterocycles. The van der Waals surface area contributed by atoms with Crippen LogP contribution in [0.15, 0.2) is 58.5 Å². The van der Waals surface area contributed by atoms with Crippen LogP contribution in [-0.2, 0) is 4.79 Å². The largest absolute Gasteiger partial charge is 0.325 e. The molecule has 0 aliphatic heterocycles. The van der Waals surface area contributed by atoms with Gasteiger partial charge in [-0.1, -0.05) is 47.4 Å². The van der Waals surface area contributed by atoms with E-state index in [1.54, 1.807) is 10.6 Å². The molecule has 0 spiro atoms. The normalized spacial score (nSPS) is 11.0. The zero-order valence-corrected chi connectivity index (χ0v) is 18.1. The Labute approximate surface area is 183 Å². The van der Waals surface area contributed by atoms with Gasteiger partial charge in [-0.05, 0) is 49.0 Å². The third-order valence-electron chi connectivity index (χ3n) is 4.23. The van der Waals surface area contributed by atoms with E-state index in [-0.39, 0.29) is 17.2 Å². The molecule has 0 radical (unpaired) electrons. The standard InChI is InChI=1S/C20H15FN4O2S3/c1-11-5-2-3-8-14(11)25-17-16(30-20(25)28)18(27)24-19(23-17)29-10-15(26)22-13-7-4-6-12(21)9-13/h2-9H,10H2,1H3,(H,22,26)(H,23,24,27). The highest BCUT2D eigenvalue weighted by atomic mass is 32.2. The molecule has 0 aliphatic rings. The van der Waals surface area contributed by atoms with Crippen molar-refractivity contribution in [3.63, 3.8) is 0 Å². The van der Waals surface area contributed by atoms with Gasteiger partial charge >= 0.3 is 0 Å². The third-order valence-corrected chi connectivity index (χ3v) is 6.46. The number of benzene rings is 2. The fourth-order valence-electron chi connectivity index (χ4n) is 2.89. The van der Waals surface area contributed by atoms with E-state index in [4.69, 9.17) is 12.2 Å². The van der Waals surface area contributed by atoms with Crippen molar-refractivity contribution >= 4 is 57.3 Å². The summed E-state index contributed by atoms with van der Waals surface area (Å²) in [6, 6.07) is 13.3. The highest BCUT2D eigenvalue weighted by Crippen LogP contribution is 2.26. The van der Waals surface area contributed by atoms with Crippen LogP contribution in [0.5, 0.6) is 0 Å². The van der Waals surface area contributed by atoms with Gasteiger partial charge in [0.05, 0.1) is 11.4 Å². The number of aromatic amines is 1. The molecule has 2 aromatic carbocycles. The number of hydrogen-bond acceptors (Lipinski definition) is 6. The number of carbonyl (C=O) groups excluding carboxylic acids is 1. The number of amides is 1. The van der Waals surface area contributed by atoms with Crippen molar-refractivity contribution in [2.45, 2.75) is 12.1 Å². The number of thiazole rings is 1. The van der Waals surface area contributed by atoms with Crippen molar-refractivity contribution in [3.8, 4) is 5.69 Å². The lowest BCUT2D eigenvalue weighted by atomic mass is 10.2. The number of hydrogen-bond donors (Lipinski definition) is 2. The molecule has 2 N–H and O–H groups in total. The Morgan fingerprint density at radius 3 is 2.87 bits per heavy atom. The number of nitrogens with one attached hydrogen (secondary N) is 2. The van der Waals surface area contributed by atoms with Gasteiger partial charge in [-0.25, -0.2) is 9.37 Å².